The van der Waals surface area contributed by atoms with E-state index < -0.39 is 23.5 Å². The summed E-state index contributed by atoms with van der Waals surface area (Å²) >= 11 is 0. The van der Waals surface area contributed by atoms with Crippen molar-refractivity contribution in [3.63, 3.8) is 0 Å². The van der Waals surface area contributed by atoms with E-state index in [4.69, 9.17) is 0 Å². The first kappa shape index (κ1) is 19.5. The Morgan fingerprint density at radius 1 is 1.00 bits per heavy atom. The van der Waals surface area contributed by atoms with E-state index in [1.165, 1.54) is 0 Å². The molecule has 3 rings (SSSR count). The number of nitrogens with one attached hydrogen (secondary N) is 1. The van der Waals surface area contributed by atoms with Gasteiger partial charge >= 0.3 is 6.18 Å². The van der Waals surface area contributed by atoms with Gasteiger partial charge in [-0.1, -0.05) is 30.3 Å². The fourth-order valence-electron chi connectivity index (χ4n) is 2.70. The number of hydrogen-bond donors (Lipinski definition) is 1. The van der Waals surface area contributed by atoms with Gasteiger partial charge in [-0.15, -0.1) is 0 Å². The van der Waals surface area contributed by atoms with Crippen LogP contribution in [0.25, 0.3) is 11.1 Å². The summed E-state index contributed by atoms with van der Waals surface area (Å²) in [5.41, 5.74) is 1.38. The van der Waals surface area contributed by atoms with Crippen molar-refractivity contribution in [3.05, 3.63) is 83.9 Å². The number of aryl methyl sites for hydroxylation is 1. The van der Waals surface area contributed by atoms with Crippen LogP contribution in [0.3, 0.4) is 0 Å². The van der Waals surface area contributed by atoms with Crippen LogP contribution in [0.15, 0.2) is 67.0 Å². The van der Waals surface area contributed by atoms with E-state index >= 15 is 0 Å². The number of benzene rings is 2. The SMILES string of the molecule is O=C(CCc1ccc(-c2cccnc2)cc1)Nc1ccc(F)c(C(F)(F)F)c1. The summed E-state index contributed by atoms with van der Waals surface area (Å²) in [6, 6.07) is 13.8. The molecule has 0 saturated carbocycles. The van der Waals surface area contributed by atoms with Crippen molar-refractivity contribution in [2.45, 2.75) is 19.0 Å². The minimum absolute atomic E-state index is 0.0883. The maximum atomic E-state index is 13.3. The number of anilines is 1. The summed E-state index contributed by atoms with van der Waals surface area (Å²) in [6.45, 7) is 0. The van der Waals surface area contributed by atoms with Crippen LogP contribution in [0.1, 0.15) is 17.5 Å². The molecule has 0 saturated heterocycles. The largest absolute Gasteiger partial charge is 0.419 e. The van der Waals surface area contributed by atoms with E-state index in [1.807, 2.05) is 36.4 Å². The van der Waals surface area contributed by atoms with Gasteiger partial charge in [0.05, 0.1) is 5.56 Å². The first-order valence-corrected chi connectivity index (χ1v) is 8.49. The average Bonchev–Trinajstić information content (AvgIpc) is 2.68. The normalized spacial score (nSPS) is 11.3. The Balaban J connectivity index is 1.59. The standard InChI is InChI=1S/C21H16F4N2O/c22-19-9-8-17(12-18(19)21(23,24)25)27-20(28)10-5-14-3-6-15(7-4-14)16-2-1-11-26-13-16/h1-4,6-9,11-13H,5,10H2,(H,27,28). The third-order valence-corrected chi connectivity index (χ3v) is 4.15. The van der Waals surface area contributed by atoms with Gasteiger partial charge < -0.3 is 5.32 Å². The Hall–Kier alpha value is -3.22. The van der Waals surface area contributed by atoms with Crippen LogP contribution in [0.5, 0.6) is 0 Å². The van der Waals surface area contributed by atoms with Crippen LogP contribution >= 0.6 is 0 Å². The summed E-state index contributed by atoms with van der Waals surface area (Å²) in [6.07, 6.45) is -0.867. The average molecular weight is 388 g/mol. The van der Waals surface area contributed by atoms with E-state index in [-0.39, 0.29) is 12.1 Å². The van der Waals surface area contributed by atoms with E-state index in [0.29, 0.717) is 18.6 Å². The minimum Gasteiger partial charge on any atom is -0.326 e. The molecule has 3 aromatic rings. The van der Waals surface area contributed by atoms with Gasteiger partial charge in [-0.2, -0.15) is 13.2 Å². The van der Waals surface area contributed by atoms with Crippen molar-refractivity contribution in [2.75, 3.05) is 5.32 Å². The van der Waals surface area contributed by atoms with Gasteiger partial charge in [0.25, 0.3) is 0 Å². The number of aromatic nitrogens is 1. The molecular weight excluding hydrogens is 372 g/mol. The number of amides is 1. The molecule has 3 nitrogen and oxygen atoms in total. The van der Waals surface area contributed by atoms with Gasteiger partial charge in [0, 0.05) is 24.5 Å². The van der Waals surface area contributed by atoms with Crippen molar-refractivity contribution in [1.82, 2.24) is 4.98 Å². The van der Waals surface area contributed by atoms with Gasteiger partial charge in [0.2, 0.25) is 5.91 Å². The fraction of sp³-hybridized carbons (Fsp3) is 0.143. The summed E-state index contributed by atoms with van der Waals surface area (Å²) in [5, 5.41) is 2.38. The van der Waals surface area contributed by atoms with E-state index in [0.717, 1.165) is 22.8 Å². The van der Waals surface area contributed by atoms with Crippen molar-refractivity contribution < 1.29 is 22.4 Å². The van der Waals surface area contributed by atoms with Crippen LogP contribution < -0.4 is 5.32 Å². The molecular formula is C21H16F4N2O. The van der Waals surface area contributed by atoms with Crippen LogP contribution in [0, 0.1) is 5.82 Å². The van der Waals surface area contributed by atoms with Crippen molar-refractivity contribution in [1.29, 1.82) is 0 Å². The summed E-state index contributed by atoms with van der Waals surface area (Å²) in [5.74, 6) is -1.82. The number of carbonyl (C=O) groups is 1. The predicted octanol–water partition coefficient (Wildman–Crippen LogP) is 5.48. The first-order valence-electron chi connectivity index (χ1n) is 8.49. The second kappa shape index (κ2) is 8.21. The van der Waals surface area contributed by atoms with Gasteiger partial charge in [0.1, 0.15) is 5.82 Å². The lowest BCUT2D eigenvalue weighted by Gasteiger charge is -2.11. The Labute approximate surface area is 159 Å². The molecule has 0 aliphatic rings. The van der Waals surface area contributed by atoms with Gasteiger partial charge in [-0.25, -0.2) is 4.39 Å². The molecule has 28 heavy (non-hydrogen) atoms. The smallest absolute Gasteiger partial charge is 0.326 e. The molecule has 1 heterocycles. The quantitative estimate of drug-likeness (QED) is 0.588. The number of carbonyl (C=O) groups excluding carboxylic acids is 1. The molecule has 0 aliphatic heterocycles. The molecule has 0 aliphatic carbocycles. The molecule has 7 heteroatoms. The molecule has 2 aromatic carbocycles. The molecule has 0 radical (unpaired) electrons. The molecule has 1 aromatic heterocycles. The molecule has 1 N–H and O–H groups in total. The van der Waals surface area contributed by atoms with Gasteiger partial charge in [0.15, 0.2) is 0 Å². The van der Waals surface area contributed by atoms with Crippen LogP contribution in [-0.4, -0.2) is 10.9 Å². The lowest BCUT2D eigenvalue weighted by Crippen LogP contribution is -2.14. The molecule has 144 valence electrons. The third-order valence-electron chi connectivity index (χ3n) is 4.15. The van der Waals surface area contributed by atoms with Gasteiger partial charge in [-0.05, 0) is 47.4 Å². The molecule has 0 atom stereocenters. The van der Waals surface area contributed by atoms with Crippen LogP contribution in [-0.2, 0) is 17.4 Å². The zero-order valence-corrected chi connectivity index (χ0v) is 14.6. The first-order chi connectivity index (χ1) is 13.3. The monoisotopic (exact) mass is 388 g/mol. The second-order valence-electron chi connectivity index (χ2n) is 6.18. The lowest BCUT2D eigenvalue weighted by molar-refractivity contribution is -0.140. The number of halogens is 4. The highest BCUT2D eigenvalue weighted by atomic mass is 19.4. The lowest BCUT2D eigenvalue weighted by atomic mass is 10.0. The van der Waals surface area contributed by atoms with E-state index in [9.17, 15) is 22.4 Å². The number of rotatable bonds is 5. The molecule has 0 spiro atoms. The molecule has 0 unspecified atom stereocenters. The van der Waals surface area contributed by atoms with E-state index in [1.54, 1.807) is 12.4 Å². The Bertz CT molecular complexity index is 954. The van der Waals surface area contributed by atoms with Crippen molar-refractivity contribution in [3.8, 4) is 11.1 Å². The number of hydrogen-bond acceptors (Lipinski definition) is 2. The maximum Gasteiger partial charge on any atom is 0.419 e. The number of nitrogens with zero attached hydrogens (tertiary/aromatic N) is 1. The Morgan fingerprint density at radius 3 is 2.39 bits per heavy atom. The van der Waals surface area contributed by atoms with Crippen molar-refractivity contribution in [2.24, 2.45) is 0 Å². The minimum atomic E-state index is -4.82. The molecule has 1 amide bonds. The summed E-state index contributed by atoms with van der Waals surface area (Å²) in [4.78, 5) is 16.1. The third kappa shape index (κ3) is 4.94. The highest BCUT2D eigenvalue weighted by Crippen LogP contribution is 2.33. The zero-order valence-electron chi connectivity index (χ0n) is 14.6. The topological polar surface area (TPSA) is 42.0 Å². The van der Waals surface area contributed by atoms with Crippen LogP contribution in [0.2, 0.25) is 0 Å². The van der Waals surface area contributed by atoms with E-state index in [2.05, 4.69) is 10.3 Å². The molecule has 0 fully saturated rings. The fourth-order valence-corrected chi connectivity index (χ4v) is 2.70. The van der Waals surface area contributed by atoms with Crippen molar-refractivity contribution >= 4 is 11.6 Å². The second-order valence-corrected chi connectivity index (χ2v) is 6.18. The molecule has 0 bridgehead atoms. The summed E-state index contributed by atoms with van der Waals surface area (Å²) < 4.78 is 51.5. The summed E-state index contributed by atoms with van der Waals surface area (Å²) in [7, 11) is 0. The Morgan fingerprint density at radius 2 is 1.75 bits per heavy atom. The predicted molar refractivity (Wildman–Crippen MR) is 98.0 cm³/mol. The highest BCUT2D eigenvalue weighted by molar-refractivity contribution is 5.90. The highest BCUT2D eigenvalue weighted by Gasteiger charge is 2.34. The number of pyridine rings is 1. The number of alkyl halides is 3. The van der Waals surface area contributed by atoms with Crippen LogP contribution in [0.4, 0.5) is 23.2 Å². The Kier molecular flexibility index (Phi) is 5.73. The maximum absolute atomic E-state index is 13.3. The zero-order chi connectivity index (χ0) is 20.1. The van der Waals surface area contributed by atoms with Gasteiger partial charge in [-0.3, -0.25) is 9.78 Å².